The summed E-state index contributed by atoms with van der Waals surface area (Å²) in [6, 6.07) is 7.54. The number of nitrogens with two attached hydrogens (primary N) is 1. The fraction of sp³-hybridized carbons (Fsp3) is 0.533. The van der Waals surface area contributed by atoms with Crippen LogP contribution in [-0.4, -0.2) is 37.5 Å². The van der Waals surface area contributed by atoms with Gasteiger partial charge in [0.15, 0.2) is 0 Å². The number of benzene rings is 1. The maximum atomic E-state index is 5.78. The van der Waals surface area contributed by atoms with E-state index in [-0.39, 0.29) is 0 Å². The molecule has 1 aliphatic heterocycles. The van der Waals surface area contributed by atoms with E-state index in [0.29, 0.717) is 17.7 Å². The molecule has 0 unspecified atom stereocenters. The average Bonchev–Trinajstić information content (AvgIpc) is 2.48. The maximum Gasteiger partial charge on any atom is 0.119 e. The summed E-state index contributed by atoms with van der Waals surface area (Å²) < 4.78 is 16.7. The topological polar surface area (TPSA) is 53.7 Å². The lowest BCUT2D eigenvalue weighted by Crippen LogP contribution is -2.24. The van der Waals surface area contributed by atoms with Gasteiger partial charge in [-0.1, -0.05) is 24.4 Å². The van der Waals surface area contributed by atoms with Crippen molar-refractivity contribution in [3.05, 3.63) is 29.8 Å². The van der Waals surface area contributed by atoms with Crippen molar-refractivity contribution in [2.75, 3.05) is 26.4 Å². The van der Waals surface area contributed by atoms with Crippen LogP contribution in [0.2, 0.25) is 0 Å². The molecule has 0 bridgehead atoms. The number of hydrogen-bond donors (Lipinski definition) is 1. The van der Waals surface area contributed by atoms with E-state index in [1.807, 2.05) is 24.3 Å². The zero-order valence-corrected chi connectivity index (χ0v) is 12.4. The smallest absolute Gasteiger partial charge is 0.119 e. The molecule has 1 aromatic rings. The fourth-order valence-corrected chi connectivity index (χ4v) is 2.21. The molecule has 0 aliphatic carbocycles. The minimum Gasteiger partial charge on any atom is -0.493 e. The Hall–Kier alpha value is -1.17. The Morgan fingerprint density at radius 1 is 1.30 bits per heavy atom. The molecule has 0 atom stereocenters. The van der Waals surface area contributed by atoms with Crippen molar-refractivity contribution in [1.29, 1.82) is 0 Å². The Labute approximate surface area is 125 Å². The predicted molar refractivity (Wildman–Crippen MR) is 82.2 cm³/mol. The Morgan fingerprint density at radius 3 is 2.85 bits per heavy atom. The molecule has 1 heterocycles. The Kier molecular flexibility index (Phi) is 6.24. The molecule has 0 aromatic heterocycles. The first kappa shape index (κ1) is 15.2. The third-order valence-corrected chi connectivity index (χ3v) is 3.43. The number of rotatable bonds is 7. The lowest BCUT2D eigenvalue weighted by molar-refractivity contribution is -0.0341. The molecular weight excluding hydrogens is 274 g/mol. The summed E-state index contributed by atoms with van der Waals surface area (Å²) in [4.78, 5) is 0.387. The molecule has 1 saturated heterocycles. The molecule has 0 saturated carbocycles. The van der Waals surface area contributed by atoms with Gasteiger partial charge >= 0.3 is 0 Å². The van der Waals surface area contributed by atoms with E-state index in [1.165, 1.54) is 0 Å². The van der Waals surface area contributed by atoms with E-state index in [2.05, 4.69) is 0 Å². The largest absolute Gasteiger partial charge is 0.493 e. The highest BCUT2D eigenvalue weighted by atomic mass is 32.1. The molecule has 110 valence electrons. The van der Waals surface area contributed by atoms with E-state index in [0.717, 1.165) is 50.4 Å². The monoisotopic (exact) mass is 295 g/mol. The van der Waals surface area contributed by atoms with Gasteiger partial charge < -0.3 is 19.9 Å². The van der Waals surface area contributed by atoms with Crippen LogP contribution < -0.4 is 10.5 Å². The number of hydrogen-bond acceptors (Lipinski definition) is 4. The lowest BCUT2D eigenvalue weighted by atomic mass is 10.1. The van der Waals surface area contributed by atoms with Crippen molar-refractivity contribution in [3.8, 4) is 5.75 Å². The third kappa shape index (κ3) is 5.07. The van der Waals surface area contributed by atoms with Crippen molar-refractivity contribution in [3.63, 3.8) is 0 Å². The highest BCUT2D eigenvalue weighted by molar-refractivity contribution is 7.80. The Balaban J connectivity index is 1.63. The quantitative estimate of drug-likeness (QED) is 0.618. The van der Waals surface area contributed by atoms with Gasteiger partial charge in [0.05, 0.1) is 19.3 Å². The van der Waals surface area contributed by atoms with E-state index in [4.69, 9.17) is 32.2 Å². The van der Waals surface area contributed by atoms with Crippen molar-refractivity contribution in [2.24, 2.45) is 5.73 Å². The minimum atomic E-state index is 0.349. The first-order valence-corrected chi connectivity index (χ1v) is 7.38. The highest BCUT2D eigenvalue weighted by Gasteiger charge is 2.13. The summed E-state index contributed by atoms with van der Waals surface area (Å²) in [5.41, 5.74) is 6.42. The third-order valence-electron chi connectivity index (χ3n) is 3.20. The van der Waals surface area contributed by atoms with Crippen LogP contribution in [0.3, 0.4) is 0 Å². The zero-order chi connectivity index (χ0) is 14.2. The highest BCUT2D eigenvalue weighted by Crippen LogP contribution is 2.14. The van der Waals surface area contributed by atoms with Gasteiger partial charge in [-0.15, -0.1) is 0 Å². The molecule has 1 aliphatic rings. The number of ether oxygens (including phenoxy) is 3. The molecule has 5 heteroatoms. The molecule has 1 fully saturated rings. The molecule has 0 amide bonds. The Bertz CT molecular complexity index is 433. The van der Waals surface area contributed by atoms with Crippen LogP contribution >= 0.6 is 12.2 Å². The Morgan fingerprint density at radius 2 is 2.10 bits per heavy atom. The first-order valence-electron chi connectivity index (χ1n) is 6.98. The van der Waals surface area contributed by atoms with Gasteiger partial charge in [-0.05, 0) is 25.0 Å². The molecule has 4 nitrogen and oxygen atoms in total. The van der Waals surface area contributed by atoms with Gasteiger partial charge in [0.2, 0.25) is 0 Å². The van der Waals surface area contributed by atoms with Gasteiger partial charge in [0.1, 0.15) is 10.7 Å². The normalized spacial score (nSPS) is 16.0. The van der Waals surface area contributed by atoms with E-state index < -0.39 is 0 Å². The van der Waals surface area contributed by atoms with Crippen LogP contribution in [0.15, 0.2) is 24.3 Å². The standard InChI is InChI=1S/C15H21NO3S/c16-15(20)12-3-1-4-14(11-12)19-8-2-7-18-13-5-9-17-10-6-13/h1,3-4,11,13H,2,5-10H2,(H2,16,20). The lowest BCUT2D eigenvalue weighted by Gasteiger charge is -2.22. The first-order chi connectivity index (χ1) is 9.75. The van der Waals surface area contributed by atoms with E-state index in [1.54, 1.807) is 0 Å². The molecule has 2 rings (SSSR count). The van der Waals surface area contributed by atoms with Crippen LogP contribution in [0.25, 0.3) is 0 Å². The second kappa shape index (κ2) is 8.19. The zero-order valence-electron chi connectivity index (χ0n) is 11.5. The SMILES string of the molecule is NC(=S)c1cccc(OCCCOC2CCOCC2)c1. The summed E-state index contributed by atoms with van der Waals surface area (Å²) in [5, 5.41) is 0. The van der Waals surface area contributed by atoms with Crippen molar-refractivity contribution >= 4 is 17.2 Å². The molecule has 0 radical (unpaired) electrons. The van der Waals surface area contributed by atoms with Crippen molar-refractivity contribution in [1.82, 2.24) is 0 Å². The van der Waals surface area contributed by atoms with Crippen molar-refractivity contribution < 1.29 is 14.2 Å². The van der Waals surface area contributed by atoms with Gasteiger partial charge in [0, 0.05) is 25.2 Å². The summed E-state index contributed by atoms with van der Waals surface area (Å²) in [6.45, 7) is 2.98. The summed E-state index contributed by atoms with van der Waals surface area (Å²) in [6.07, 6.45) is 3.21. The summed E-state index contributed by atoms with van der Waals surface area (Å²) >= 11 is 4.94. The molecular formula is C15H21NO3S. The van der Waals surface area contributed by atoms with Gasteiger partial charge in [-0.2, -0.15) is 0 Å². The van der Waals surface area contributed by atoms with Crippen LogP contribution in [0.5, 0.6) is 5.75 Å². The summed E-state index contributed by atoms with van der Waals surface area (Å²) in [7, 11) is 0. The minimum absolute atomic E-state index is 0.349. The summed E-state index contributed by atoms with van der Waals surface area (Å²) in [5.74, 6) is 0.793. The van der Waals surface area contributed by atoms with E-state index >= 15 is 0 Å². The van der Waals surface area contributed by atoms with Gasteiger partial charge in [-0.25, -0.2) is 0 Å². The second-order valence-electron chi connectivity index (χ2n) is 4.78. The van der Waals surface area contributed by atoms with Crippen LogP contribution in [0, 0.1) is 0 Å². The average molecular weight is 295 g/mol. The van der Waals surface area contributed by atoms with E-state index in [9.17, 15) is 0 Å². The fourth-order valence-electron chi connectivity index (χ4n) is 2.08. The van der Waals surface area contributed by atoms with Gasteiger partial charge in [0.25, 0.3) is 0 Å². The van der Waals surface area contributed by atoms with Crippen LogP contribution in [-0.2, 0) is 9.47 Å². The molecule has 20 heavy (non-hydrogen) atoms. The van der Waals surface area contributed by atoms with Crippen LogP contribution in [0.4, 0.5) is 0 Å². The predicted octanol–water partition coefficient (Wildman–Crippen LogP) is 2.29. The molecule has 0 spiro atoms. The second-order valence-corrected chi connectivity index (χ2v) is 5.22. The molecule has 2 N–H and O–H groups in total. The van der Waals surface area contributed by atoms with Crippen molar-refractivity contribution in [2.45, 2.75) is 25.4 Å². The maximum absolute atomic E-state index is 5.78. The van der Waals surface area contributed by atoms with Gasteiger partial charge in [-0.3, -0.25) is 0 Å². The number of thiocarbonyl (C=S) groups is 1. The molecule has 1 aromatic carbocycles. The van der Waals surface area contributed by atoms with Crippen LogP contribution in [0.1, 0.15) is 24.8 Å².